The maximum Gasteiger partial charge on any atom is 0.136 e. The van der Waals surface area contributed by atoms with E-state index in [4.69, 9.17) is 8.83 Å². The molecular weight excluding hydrogens is 705 g/mol. The Bertz CT molecular complexity index is 3860. The van der Waals surface area contributed by atoms with Crippen molar-refractivity contribution in [2.45, 2.75) is 0 Å². The van der Waals surface area contributed by atoms with Crippen molar-refractivity contribution in [3.8, 4) is 33.4 Å². The lowest BCUT2D eigenvalue weighted by Gasteiger charge is -2.19. The fourth-order valence-corrected chi connectivity index (χ4v) is 9.75. The summed E-state index contributed by atoms with van der Waals surface area (Å²) in [6.45, 7) is 0. The Morgan fingerprint density at radius 2 is 0.638 bits per heavy atom. The van der Waals surface area contributed by atoms with Gasteiger partial charge in [0.2, 0.25) is 0 Å². The first kappa shape index (κ1) is 31.5. The summed E-state index contributed by atoms with van der Waals surface area (Å²) in [5.41, 5.74) is 10.6. The third kappa shape index (κ3) is 4.54. The molecule has 0 unspecified atom stereocenters. The summed E-state index contributed by atoms with van der Waals surface area (Å²) in [5.74, 6) is 0. The summed E-state index contributed by atoms with van der Waals surface area (Å²) in [4.78, 5) is 0. The van der Waals surface area contributed by atoms with Gasteiger partial charge in [-0.15, -0.1) is 0 Å². The number of hydrogen-bond acceptors (Lipinski definition) is 2. The molecule has 58 heavy (non-hydrogen) atoms. The number of benzene rings is 11. The minimum atomic E-state index is 0.888. The monoisotopic (exact) mass is 736 g/mol. The lowest BCUT2D eigenvalue weighted by atomic mass is 9.84. The standard InChI is InChI=1S/C56H32O2/c1-2-12-36-29-37(18-17-33(36)9-1)38-19-24-45-48(30-38)54(40-21-26-47-52(32-40)58-50-28-23-35-11-4-6-14-42(35)56(47)50)44-16-8-7-15-43(44)53(45)39-20-25-46-51(31-39)57-49-27-22-34-10-3-5-13-41(34)55(46)49/h1-32H. The van der Waals surface area contributed by atoms with Crippen molar-refractivity contribution in [3.63, 3.8) is 0 Å². The molecule has 2 aromatic heterocycles. The van der Waals surface area contributed by atoms with Gasteiger partial charge in [-0.3, -0.25) is 0 Å². The van der Waals surface area contributed by atoms with Crippen LogP contribution in [-0.2, 0) is 0 Å². The quantitative estimate of drug-likeness (QED) is 0.169. The first-order valence-corrected chi connectivity index (χ1v) is 19.9. The Kier molecular flexibility index (Phi) is 6.47. The lowest BCUT2D eigenvalue weighted by Crippen LogP contribution is -1.92. The molecule has 0 aliphatic carbocycles. The second-order valence-corrected chi connectivity index (χ2v) is 15.6. The van der Waals surface area contributed by atoms with E-state index in [0.29, 0.717) is 0 Å². The van der Waals surface area contributed by atoms with Crippen molar-refractivity contribution in [1.82, 2.24) is 0 Å². The molecule has 0 saturated heterocycles. The molecule has 0 radical (unpaired) electrons. The van der Waals surface area contributed by atoms with Crippen LogP contribution in [0.1, 0.15) is 0 Å². The summed E-state index contributed by atoms with van der Waals surface area (Å²) >= 11 is 0. The fourth-order valence-electron chi connectivity index (χ4n) is 9.75. The van der Waals surface area contributed by atoms with E-state index < -0.39 is 0 Å². The highest BCUT2D eigenvalue weighted by atomic mass is 16.3. The van der Waals surface area contributed by atoms with Gasteiger partial charge in [0.25, 0.3) is 0 Å². The molecule has 268 valence electrons. The Morgan fingerprint density at radius 3 is 1.24 bits per heavy atom. The van der Waals surface area contributed by atoms with Crippen LogP contribution < -0.4 is 0 Å². The molecule has 2 nitrogen and oxygen atoms in total. The Labute approximate surface area is 332 Å². The van der Waals surface area contributed by atoms with Crippen molar-refractivity contribution < 1.29 is 8.83 Å². The van der Waals surface area contributed by atoms with Crippen LogP contribution in [0.5, 0.6) is 0 Å². The van der Waals surface area contributed by atoms with Gasteiger partial charge in [0.15, 0.2) is 0 Å². The second kappa shape index (κ2) is 11.9. The highest BCUT2D eigenvalue weighted by molar-refractivity contribution is 6.25. The van der Waals surface area contributed by atoms with Gasteiger partial charge < -0.3 is 8.83 Å². The van der Waals surface area contributed by atoms with Crippen LogP contribution in [0, 0.1) is 0 Å². The number of rotatable bonds is 3. The molecule has 2 heteroatoms. The molecule has 0 aliphatic rings. The zero-order valence-corrected chi connectivity index (χ0v) is 31.3. The Hall–Kier alpha value is -7.68. The van der Waals surface area contributed by atoms with E-state index in [1.807, 2.05) is 0 Å². The summed E-state index contributed by atoms with van der Waals surface area (Å²) < 4.78 is 13.3. The van der Waals surface area contributed by atoms with Crippen molar-refractivity contribution in [1.29, 1.82) is 0 Å². The molecule has 0 fully saturated rings. The smallest absolute Gasteiger partial charge is 0.136 e. The molecular formula is C56H32O2. The summed E-state index contributed by atoms with van der Waals surface area (Å²) in [5, 5.41) is 16.7. The van der Waals surface area contributed by atoms with Gasteiger partial charge in [0.1, 0.15) is 22.3 Å². The Balaban J connectivity index is 1.10. The normalized spacial score (nSPS) is 12.1. The largest absolute Gasteiger partial charge is 0.456 e. The maximum atomic E-state index is 6.66. The summed E-state index contributed by atoms with van der Waals surface area (Å²) in [6, 6.07) is 70.4. The van der Waals surface area contributed by atoms with Crippen LogP contribution in [0.25, 0.3) is 131 Å². The van der Waals surface area contributed by atoms with E-state index in [-0.39, 0.29) is 0 Å². The molecule has 13 aromatic rings. The van der Waals surface area contributed by atoms with Crippen LogP contribution >= 0.6 is 0 Å². The topological polar surface area (TPSA) is 26.3 Å². The average Bonchev–Trinajstić information content (AvgIpc) is 3.86. The van der Waals surface area contributed by atoms with Gasteiger partial charge in [0.05, 0.1) is 0 Å². The van der Waals surface area contributed by atoms with Crippen molar-refractivity contribution in [3.05, 3.63) is 194 Å². The Morgan fingerprint density at radius 1 is 0.224 bits per heavy atom. The van der Waals surface area contributed by atoms with Crippen molar-refractivity contribution >= 4 is 97.7 Å². The summed E-state index contributed by atoms with van der Waals surface area (Å²) in [6.07, 6.45) is 0. The summed E-state index contributed by atoms with van der Waals surface area (Å²) in [7, 11) is 0. The van der Waals surface area contributed by atoms with Crippen LogP contribution in [-0.4, -0.2) is 0 Å². The van der Waals surface area contributed by atoms with Gasteiger partial charge in [0, 0.05) is 21.5 Å². The zero-order valence-electron chi connectivity index (χ0n) is 31.3. The predicted octanol–water partition coefficient (Wildman–Crippen LogP) is 16.3. The SMILES string of the molecule is c1ccc2cc(-c3ccc4c(-c5ccc6c(c5)oc5ccc7ccccc7c56)c5ccccc5c(-c5ccc6c(c5)oc5ccc7ccccc7c56)c4c3)ccc2c1. The molecule has 0 spiro atoms. The van der Waals surface area contributed by atoms with E-state index in [1.54, 1.807) is 0 Å². The molecule has 0 atom stereocenters. The van der Waals surface area contributed by atoms with Crippen molar-refractivity contribution in [2.24, 2.45) is 0 Å². The van der Waals surface area contributed by atoms with Crippen LogP contribution in [0.3, 0.4) is 0 Å². The van der Waals surface area contributed by atoms with Gasteiger partial charge in [-0.05, 0) is 136 Å². The highest BCUT2D eigenvalue weighted by Crippen LogP contribution is 2.47. The highest BCUT2D eigenvalue weighted by Gasteiger charge is 2.21. The third-order valence-corrected chi connectivity index (χ3v) is 12.4. The number of furan rings is 2. The molecule has 0 bridgehead atoms. The van der Waals surface area contributed by atoms with Crippen LogP contribution in [0.4, 0.5) is 0 Å². The lowest BCUT2D eigenvalue weighted by molar-refractivity contribution is 0.669. The molecule has 11 aromatic carbocycles. The van der Waals surface area contributed by atoms with E-state index >= 15 is 0 Å². The van der Waals surface area contributed by atoms with Crippen LogP contribution in [0.2, 0.25) is 0 Å². The second-order valence-electron chi connectivity index (χ2n) is 15.6. The minimum Gasteiger partial charge on any atom is -0.456 e. The molecule has 2 heterocycles. The minimum absolute atomic E-state index is 0.888. The first-order chi connectivity index (χ1) is 28.7. The van der Waals surface area contributed by atoms with E-state index in [0.717, 1.165) is 49.6 Å². The molecule has 0 aliphatic heterocycles. The van der Waals surface area contributed by atoms with Crippen LogP contribution in [0.15, 0.2) is 203 Å². The molecule has 0 saturated carbocycles. The average molecular weight is 737 g/mol. The first-order valence-electron chi connectivity index (χ1n) is 19.9. The predicted molar refractivity (Wildman–Crippen MR) is 245 cm³/mol. The maximum absolute atomic E-state index is 6.66. The van der Waals surface area contributed by atoms with E-state index in [2.05, 4.69) is 194 Å². The molecule has 0 N–H and O–H groups in total. The molecule has 13 rings (SSSR count). The van der Waals surface area contributed by atoms with E-state index in [1.165, 1.54) is 81.5 Å². The van der Waals surface area contributed by atoms with Gasteiger partial charge in [-0.2, -0.15) is 0 Å². The zero-order chi connectivity index (χ0) is 37.9. The van der Waals surface area contributed by atoms with E-state index in [9.17, 15) is 0 Å². The van der Waals surface area contributed by atoms with Gasteiger partial charge >= 0.3 is 0 Å². The fraction of sp³-hybridized carbons (Fsp3) is 0. The molecule has 0 amide bonds. The van der Waals surface area contributed by atoms with Gasteiger partial charge in [-0.1, -0.05) is 146 Å². The third-order valence-electron chi connectivity index (χ3n) is 12.4. The van der Waals surface area contributed by atoms with Gasteiger partial charge in [-0.25, -0.2) is 0 Å². The number of hydrogen-bond donors (Lipinski definition) is 0. The van der Waals surface area contributed by atoms with Crippen molar-refractivity contribution in [2.75, 3.05) is 0 Å². The number of fused-ring (bicyclic) bond motifs is 13.